The number of halogens is 3. The minimum absolute atomic E-state index is 0.186. The molecule has 1 N–H and O–H groups in total. The van der Waals surface area contributed by atoms with E-state index in [9.17, 15) is 13.2 Å². The van der Waals surface area contributed by atoms with Crippen LogP contribution in [0.25, 0.3) is 0 Å². The van der Waals surface area contributed by atoms with Gasteiger partial charge in [0.25, 0.3) is 0 Å². The van der Waals surface area contributed by atoms with E-state index in [1.54, 1.807) is 0 Å². The zero-order valence-electron chi connectivity index (χ0n) is 11.2. The summed E-state index contributed by atoms with van der Waals surface area (Å²) in [5, 5.41) is 3.32. The quantitative estimate of drug-likeness (QED) is 0.851. The maximum absolute atomic E-state index is 12.8. The van der Waals surface area contributed by atoms with Crippen molar-refractivity contribution in [2.45, 2.75) is 25.8 Å². The van der Waals surface area contributed by atoms with Crippen molar-refractivity contribution in [3.05, 3.63) is 23.4 Å². The molecule has 0 unspecified atom stereocenters. The molecule has 4 nitrogen and oxygen atoms in total. The monoisotopic (exact) mass is 286 g/mol. The molecule has 110 valence electrons. The fourth-order valence-corrected chi connectivity index (χ4v) is 2.94. The smallest absolute Gasteiger partial charge is 0.338 e. The van der Waals surface area contributed by atoms with E-state index < -0.39 is 11.7 Å². The average molecular weight is 286 g/mol. The van der Waals surface area contributed by atoms with Gasteiger partial charge in [-0.25, -0.2) is 4.98 Å². The number of pyridine rings is 1. The Hall–Kier alpha value is -1.34. The van der Waals surface area contributed by atoms with Crippen molar-refractivity contribution in [3.8, 4) is 0 Å². The molecular weight excluding hydrogens is 269 g/mol. The summed E-state index contributed by atoms with van der Waals surface area (Å²) in [6.07, 6.45) is -3.20. The lowest BCUT2D eigenvalue weighted by Crippen LogP contribution is -2.61. The van der Waals surface area contributed by atoms with Crippen molar-refractivity contribution in [2.24, 2.45) is 0 Å². The SMILES string of the molecule is CCN1Cc2cc(C(F)(F)F)cnc2N2CCNC[C@@H]12. The molecule has 2 aliphatic rings. The number of alkyl halides is 3. The largest absolute Gasteiger partial charge is 0.417 e. The first-order chi connectivity index (χ1) is 9.50. The molecule has 0 bridgehead atoms. The third-order valence-corrected chi connectivity index (χ3v) is 3.96. The molecule has 1 fully saturated rings. The number of hydrogen-bond acceptors (Lipinski definition) is 4. The highest BCUT2D eigenvalue weighted by Gasteiger charge is 2.37. The molecule has 3 heterocycles. The summed E-state index contributed by atoms with van der Waals surface area (Å²) < 4.78 is 38.4. The summed E-state index contributed by atoms with van der Waals surface area (Å²) >= 11 is 0. The first-order valence-electron chi connectivity index (χ1n) is 6.78. The van der Waals surface area contributed by atoms with Crippen LogP contribution in [0.3, 0.4) is 0 Å². The Morgan fingerprint density at radius 1 is 1.45 bits per heavy atom. The summed E-state index contributed by atoms with van der Waals surface area (Å²) in [6, 6.07) is 1.24. The van der Waals surface area contributed by atoms with E-state index in [1.165, 1.54) is 6.07 Å². The summed E-state index contributed by atoms with van der Waals surface area (Å²) in [5.41, 5.74) is 0.000660. The molecule has 0 amide bonds. The van der Waals surface area contributed by atoms with Gasteiger partial charge >= 0.3 is 6.18 Å². The molecule has 0 radical (unpaired) electrons. The molecular formula is C13H17F3N4. The van der Waals surface area contributed by atoms with Crippen molar-refractivity contribution >= 4 is 5.82 Å². The van der Waals surface area contributed by atoms with Gasteiger partial charge < -0.3 is 10.2 Å². The summed E-state index contributed by atoms with van der Waals surface area (Å²) in [6.45, 7) is 5.77. The minimum atomic E-state index is -4.33. The van der Waals surface area contributed by atoms with Crippen molar-refractivity contribution < 1.29 is 13.2 Å². The number of fused-ring (bicyclic) bond motifs is 3. The molecule has 1 saturated heterocycles. The van der Waals surface area contributed by atoms with E-state index in [2.05, 4.69) is 20.1 Å². The molecule has 0 aliphatic carbocycles. The second kappa shape index (κ2) is 4.89. The number of nitrogens with one attached hydrogen (secondary N) is 1. The van der Waals surface area contributed by atoms with Crippen LogP contribution in [0.15, 0.2) is 12.3 Å². The topological polar surface area (TPSA) is 31.4 Å². The highest BCUT2D eigenvalue weighted by molar-refractivity contribution is 5.52. The maximum Gasteiger partial charge on any atom is 0.417 e. The molecule has 3 rings (SSSR count). The number of rotatable bonds is 1. The zero-order valence-corrected chi connectivity index (χ0v) is 11.2. The Bertz CT molecular complexity index is 503. The van der Waals surface area contributed by atoms with Crippen LogP contribution in [0.4, 0.5) is 19.0 Å². The van der Waals surface area contributed by atoms with Gasteiger partial charge in [-0.1, -0.05) is 6.92 Å². The summed E-state index contributed by atoms with van der Waals surface area (Å²) in [7, 11) is 0. The Morgan fingerprint density at radius 3 is 2.95 bits per heavy atom. The number of nitrogens with zero attached hydrogens (tertiary/aromatic N) is 3. The standard InChI is InChI=1S/C13H17F3N4/c1-2-19-8-9-5-10(13(14,15)16)6-18-12(9)20-4-3-17-7-11(19)20/h5-6,11,17H,2-4,7-8H2,1H3/t11-/m0/s1. The minimum Gasteiger partial charge on any atom is -0.338 e. The fourth-order valence-electron chi connectivity index (χ4n) is 2.94. The van der Waals surface area contributed by atoms with E-state index in [4.69, 9.17) is 0 Å². The highest BCUT2D eigenvalue weighted by Crippen LogP contribution is 2.35. The van der Waals surface area contributed by atoms with Crippen LogP contribution in [0.1, 0.15) is 18.1 Å². The summed E-state index contributed by atoms with van der Waals surface area (Å²) in [5.74, 6) is 0.703. The van der Waals surface area contributed by atoms with Crippen LogP contribution in [-0.2, 0) is 12.7 Å². The van der Waals surface area contributed by atoms with Gasteiger partial charge in [0.2, 0.25) is 0 Å². The third kappa shape index (κ3) is 2.25. The number of anilines is 1. The molecule has 0 saturated carbocycles. The van der Waals surface area contributed by atoms with Crippen LogP contribution >= 0.6 is 0 Å². The molecule has 1 aromatic rings. The zero-order chi connectivity index (χ0) is 14.3. The molecule has 20 heavy (non-hydrogen) atoms. The van der Waals surface area contributed by atoms with Gasteiger partial charge in [-0.15, -0.1) is 0 Å². The summed E-state index contributed by atoms with van der Waals surface area (Å²) in [4.78, 5) is 8.38. The van der Waals surface area contributed by atoms with Gasteiger partial charge in [-0.05, 0) is 12.6 Å². The normalized spacial score (nSPS) is 23.4. The van der Waals surface area contributed by atoms with E-state index in [0.717, 1.165) is 32.4 Å². The molecule has 2 aliphatic heterocycles. The van der Waals surface area contributed by atoms with Crippen molar-refractivity contribution in [1.29, 1.82) is 0 Å². The predicted octanol–water partition coefficient (Wildman–Crippen LogP) is 1.67. The van der Waals surface area contributed by atoms with Gasteiger partial charge in [0.05, 0.1) is 11.7 Å². The molecule has 7 heteroatoms. The van der Waals surface area contributed by atoms with Crippen molar-refractivity contribution in [1.82, 2.24) is 15.2 Å². The van der Waals surface area contributed by atoms with E-state index in [0.29, 0.717) is 17.9 Å². The Balaban J connectivity index is 2.00. The second-order valence-electron chi connectivity index (χ2n) is 5.15. The van der Waals surface area contributed by atoms with Gasteiger partial charge in [-0.3, -0.25) is 4.90 Å². The first kappa shape index (κ1) is 13.6. The van der Waals surface area contributed by atoms with Gasteiger partial charge in [-0.2, -0.15) is 13.2 Å². The second-order valence-corrected chi connectivity index (χ2v) is 5.15. The van der Waals surface area contributed by atoms with Crippen LogP contribution in [0.5, 0.6) is 0 Å². The van der Waals surface area contributed by atoms with Crippen LogP contribution in [0.2, 0.25) is 0 Å². The maximum atomic E-state index is 12.8. The third-order valence-electron chi connectivity index (χ3n) is 3.96. The van der Waals surface area contributed by atoms with Gasteiger partial charge in [0, 0.05) is 37.9 Å². The number of hydrogen-bond donors (Lipinski definition) is 1. The van der Waals surface area contributed by atoms with Crippen LogP contribution in [-0.4, -0.2) is 42.2 Å². The Kier molecular flexibility index (Phi) is 3.33. The van der Waals surface area contributed by atoms with Crippen molar-refractivity contribution in [2.75, 3.05) is 31.1 Å². The Morgan fingerprint density at radius 2 is 2.25 bits per heavy atom. The lowest BCUT2D eigenvalue weighted by molar-refractivity contribution is -0.137. The van der Waals surface area contributed by atoms with Gasteiger partial charge in [0.1, 0.15) is 5.82 Å². The van der Waals surface area contributed by atoms with Crippen molar-refractivity contribution in [3.63, 3.8) is 0 Å². The fraction of sp³-hybridized carbons (Fsp3) is 0.615. The number of piperazine rings is 1. The lowest BCUT2D eigenvalue weighted by atomic mass is 10.1. The van der Waals surface area contributed by atoms with E-state index in [-0.39, 0.29) is 6.17 Å². The molecule has 0 spiro atoms. The first-order valence-corrected chi connectivity index (χ1v) is 6.78. The van der Waals surface area contributed by atoms with Crippen LogP contribution in [0, 0.1) is 0 Å². The number of likely N-dealkylation sites (N-methyl/N-ethyl adjacent to an activating group) is 1. The molecule has 1 aromatic heterocycles. The van der Waals surface area contributed by atoms with Crippen LogP contribution < -0.4 is 10.2 Å². The van der Waals surface area contributed by atoms with E-state index in [1.807, 2.05) is 6.92 Å². The molecule has 1 atom stereocenters. The number of aromatic nitrogens is 1. The van der Waals surface area contributed by atoms with Gasteiger partial charge in [0.15, 0.2) is 0 Å². The highest BCUT2D eigenvalue weighted by atomic mass is 19.4. The average Bonchev–Trinajstić information content (AvgIpc) is 2.44. The lowest BCUT2D eigenvalue weighted by Gasteiger charge is -2.47. The Labute approximate surface area is 115 Å². The molecule has 0 aromatic carbocycles. The predicted molar refractivity (Wildman–Crippen MR) is 69.3 cm³/mol. The van der Waals surface area contributed by atoms with E-state index >= 15 is 0 Å².